The first kappa shape index (κ1) is 26.4. The summed E-state index contributed by atoms with van der Waals surface area (Å²) in [5, 5.41) is 34.5. The second kappa shape index (κ2) is 11.1. The van der Waals surface area contributed by atoms with Gasteiger partial charge in [0.2, 0.25) is 5.60 Å². The van der Waals surface area contributed by atoms with Crippen LogP contribution in [0.3, 0.4) is 0 Å². The predicted molar refractivity (Wildman–Crippen MR) is 141 cm³/mol. The van der Waals surface area contributed by atoms with Crippen molar-refractivity contribution in [1.29, 1.82) is 0 Å². The minimum absolute atomic E-state index is 0.0750. The smallest absolute Gasteiger partial charge is 0.426 e. The highest BCUT2D eigenvalue weighted by Crippen LogP contribution is 2.29. The van der Waals surface area contributed by atoms with Crippen molar-refractivity contribution >= 4 is 35.5 Å². The average Bonchev–Trinajstić information content (AvgIpc) is 3.44. The van der Waals surface area contributed by atoms with E-state index in [0.29, 0.717) is 17.8 Å². The Morgan fingerprint density at radius 3 is 2.54 bits per heavy atom. The van der Waals surface area contributed by atoms with Crippen LogP contribution in [0.25, 0.3) is 10.9 Å². The largest absolute Gasteiger partial charge is 0.475 e. The van der Waals surface area contributed by atoms with Crippen LogP contribution in [0.4, 0.5) is 0 Å². The van der Waals surface area contributed by atoms with Crippen LogP contribution in [0.1, 0.15) is 42.7 Å². The van der Waals surface area contributed by atoms with Crippen molar-refractivity contribution in [2.24, 2.45) is 18.1 Å². The number of oxime groups is 1. The molecule has 37 heavy (non-hydrogen) atoms. The minimum Gasteiger partial charge on any atom is -0.426 e. The van der Waals surface area contributed by atoms with Gasteiger partial charge in [0.1, 0.15) is 0 Å². The fourth-order valence-electron chi connectivity index (χ4n) is 4.57. The topological polar surface area (TPSA) is 138 Å². The van der Waals surface area contributed by atoms with E-state index in [4.69, 9.17) is 4.84 Å². The van der Waals surface area contributed by atoms with Gasteiger partial charge < -0.3 is 25.5 Å². The van der Waals surface area contributed by atoms with Crippen LogP contribution in [0.15, 0.2) is 59.8 Å². The number of nitrogens with zero attached hydrogens (tertiary/aromatic N) is 3. The van der Waals surface area contributed by atoms with Crippen LogP contribution >= 0.6 is 0 Å². The molecule has 0 bridgehead atoms. The summed E-state index contributed by atoms with van der Waals surface area (Å²) in [5.74, 6) is -1.57. The molecule has 1 aliphatic heterocycles. The summed E-state index contributed by atoms with van der Waals surface area (Å²) < 4.78 is 1.65. The summed E-state index contributed by atoms with van der Waals surface area (Å²) >= 11 is 0. The number of benzene rings is 2. The first-order chi connectivity index (χ1) is 17.7. The first-order valence-electron chi connectivity index (χ1n) is 12.3. The first-order valence-corrected chi connectivity index (χ1v) is 12.3. The van der Waals surface area contributed by atoms with E-state index in [1.807, 2.05) is 68.4 Å². The standard InChI is InChI=1S/C26H32BN5O5/c1-17(2)13-22(27(35)36)29-25(34)26(14-18-9-5-4-6-10-18)15-19(31-37-26)16-28-24(33)23-20-11-7-8-12-21(20)32(3)30-23/h4-12,17,22,35-36H,13-16H2,1-3H3,(H,28,33)(H,29,34)/t22-,26?/m0/s1. The van der Waals surface area contributed by atoms with Gasteiger partial charge in [0, 0.05) is 25.3 Å². The minimum atomic E-state index is -1.71. The average molecular weight is 505 g/mol. The van der Waals surface area contributed by atoms with Crippen LogP contribution < -0.4 is 10.6 Å². The molecule has 1 aliphatic rings. The summed E-state index contributed by atoms with van der Waals surface area (Å²) in [4.78, 5) is 32.2. The monoisotopic (exact) mass is 505 g/mol. The van der Waals surface area contributed by atoms with Crippen LogP contribution in [0, 0.1) is 5.92 Å². The molecule has 0 radical (unpaired) electrons. The Labute approximate surface area is 215 Å². The molecule has 0 saturated heterocycles. The van der Waals surface area contributed by atoms with E-state index in [9.17, 15) is 19.6 Å². The van der Waals surface area contributed by atoms with Gasteiger partial charge in [-0.1, -0.05) is 67.5 Å². The van der Waals surface area contributed by atoms with E-state index in [1.165, 1.54) is 0 Å². The maximum absolute atomic E-state index is 13.5. The second-order valence-electron chi connectivity index (χ2n) is 9.88. The van der Waals surface area contributed by atoms with Crippen molar-refractivity contribution in [2.75, 3.05) is 6.54 Å². The molecule has 10 nitrogen and oxygen atoms in total. The number of carbonyl (C=O) groups excluding carboxylic acids is 2. The summed E-state index contributed by atoms with van der Waals surface area (Å²) in [7, 11) is 0.0647. The third-order valence-corrected chi connectivity index (χ3v) is 6.41. The molecule has 4 rings (SSSR count). The highest BCUT2D eigenvalue weighted by molar-refractivity contribution is 6.43. The highest BCUT2D eigenvalue weighted by atomic mass is 16.7. The number of hydrogen-bond acceptors (Lipinski definition) is 7. The fraction of sp³-hybridized carbons (Fsp3) is 0.385. The van der Waals surface area contributed by atoms with Crippen LogP contribution in [-0.4, -0.2) is 62.6 Å². The Morgan fingerprint density at radius 1 is 1.14 bits per heavy atom. The zero-order valence-corrected chi connectivity index (χ0v) is 21.2. The third-order valence-electron chi connectivity index (χ3n) is 6.41. The zero-order valence-electron chi connectivity index (χ0n) is 21.2. The van der Waals surface area contributed by atoms with Crippen LogP contribution in [0.5, 0.6) is 0 Å². The zero-order chi connectivity index (χ0) is 26.6. The number of rotatable bonds is 10. The van der Waals surface area contributed by atoms with Crippen molar-refractivity contribution in [1.82, 2.24) is 20.4 Å². The van der Waals surface area contributed by atoms with E-state index in [1.54, 1.807) is 11.7 Å². The number of nitrogens with one attached hydrogen (secondary N) is 2. The molecule has 3 aromatic rings. The molecule has 2 heterocycles. The summed E-state index contributed by atoms with van der Waals surface area (Å²) in [6, 6.07) is 16.9. The Hall–Kier alpha value is -3.70. The van der Waals surface area contributed by atoms with E-state index in [2.05, 4.69) is 20.9 Å². The van der Waals surface area contributed by atoms with Gasteiger partial charge in [-0.3, -0.25) is 14.3 Å². The fourth-order valence-corrected chi connectivity index (χ4v) is 4.57. The third kappa shape index (κ3) is 6.00. The van der Waals surface area contributed by atoms with E-state index >= 15 is 0 Å². The Kier molecular flexibility index (Phi) is 7.94. The molecule has 0 spiro atoms. The van der Waals surface area contributed by atoms with Gasteiger partial charge in [-0.2, -0.15) is 5.10 Å². The van der Waals surface area contributed by atoms with Crippen LogP contribution in [-0.2, 0) is 23.1 Å². The predicted octanol–water partition coefficient (Wildman–Crippen LogP) is 1.60. The Balaban J connectivity index is 1.48. The summed E-state index contributed by atoms with van der Waals surface area (Å²) in [6.07, 6.45) is 0.737. The lowest BCUT2D eigenvalue weighted by atomic mass is 9.74. The molecule has 0 fully saturated rings. The van der Waals surface area contributed by atoms with Gasteiger partial charge in [-0.15, -0.1) is 0 Å². The molecule has 2 atom stereocenters. The van der Waals surface area contributed by atoms with Gasteiger partial charge in [0.15, 0.2) is 5.69 Å². The lowest BCUT2D eigenvalue weighted by Gasteiger charge is -2.29. The van der Waals surface area contributed by atoms with Crippen molar-refractivity contribution in [3.05, 3.63) is 65.9 Å². The van der Waals surface area contributed by atoms with Crippen molar-refractivity contribution < 1.29 is 24.5 Å². The van der Waals surface area contributed by atoms with E-state index < -0.39 is 24.6 Å². The van der Waals surface area contributed by atoms with E-state index in [-0.39, 0.29) is 31.2 Å². The number of amides is 2. The molecular formula is C26H32BN5O5. The van der Waals surface area contributed by atoms with Crippen molar-refractivity contribution in [3.63, 3.8) is 0 Å². The van der Waals surface area contributed by atoms with E-state index in [0.717, 1.165) is 16.5 Å². The van der Waals surface area contributed by atoms with Crippen molar-refractivity contribution in [2.45, 2.75) is 44.7 Å². The van der Waals surface area contributed by atoms with Gasteiger partial charge in [0.05, 0.1) is 23.7 Å². The molecule has 4 N–H and O–H groups in total. The number of aromatic nitrogens is 2. The number of fused-ring (bicyclic) bond motifs is 1. The SMILES string of the molecule is CC(C)C[C@H](NC(=O)C1(Cc2ccccc2)CC(CNC(=O)c2nn(C)c3ccccc23)=NO1)B(O)O. The molecule has 1 unspecified atom stereocenters. The van der Waals surface area contributed by atoms with Gasteiger partial charge in [-0.05, 0) is 24.0 Å². The molecule has 11 heteroatoms. The van der Waals surface area contributed by atoms with Gasteiger partial charge in [-0.25, -0.2) is 0 Å². The molecular weight excluding hydrogens is 473 g/mol. The highest BCUT2D eigenvalue weighted by Gasteiger charge is 2.48. The number of aryl methyl sites for hydroxylation is 1. The second-order valence-corrected chi connectivity index (χ2v) is 9.88. The number of para-hydroxylation sites is 1. The maximum atomic E-state index is 13.5. The lowest BCUT2D eigenvalue weighted by Crippen LogP contribution is -2.56. The number of carbonyl (C=O) groups is 2. The molecule has 0 saturated carbocycles. The summed E-state index contributed by atoms with van der Waals surface area (Å²) in [5.41, 5.74) is 1.12. The molecule has 2 amide bonds. The molecule has 194 valence electrons. The van der Waals surface area contributed by atoms with Crippen molar-refractivity contribution in [3.8, 4) is 0 Å². The van der Waals surface area contributed by atoms with Gasteiger partial charge >= 0.3 is 7.12 Å². The molecule has 2 aromatic carbocycles. The molecule has 0 aliphatic carbocycles. The Morgan fingerprint density at radius 2 is 1.84 bits per heavy atom. The number of hydrogen-bond donors (Lipinski definition) is 4. The van der Waals surface area contributed by atoms with Crippen LogP contribution in [0.2, 0.25) is 0 Å². The quantitative estimate of drug-likeness (QED) is 0.309. The summed E-state index contributed by atoms with van der Waals surface area (Å²) in [6.45, 7) is 3.94. The lowest BCUT2D eigenvalue weighted by molar-refractivity contribution is -0.144. The van der Waals surface area contributed by atoms with Gasteiger partial charge in [0.25, 0.3) is 11.8 Å². The molecule has 1 aromatic heterocycles. The normalized spacial score (nSPS) is 17.8. The Bertz CT molecular complexity index is 1290. The maximum Gasteiger partial charge on any atom is 0.475 e.